The molecule has 2 aliphatic carbocycles. The van der Waals surface area contributed by atoms with Crippen molar-refractivity contribution in [1.29, 1.82) is 0 Å². The van der Waals surface area contributed by atoms with Gasteiger partial charge in [0.25, 0.3) is 0 Å². The maximum atomic E-state index is 14.0. The average molecular weight is 418 g/mol. The number of rotatable bonds is 6. The number of benzene rings is 1. The standard InChI is InChI=1S/C24H33F2N3O/c25-21-6-3-7-22(23(21)26)29-16-14-28(15-17-29)13-12-18-8-10-20(11-9-18)27-24(30)19-4-1-2-5-19/h3-4,6-7,18,20H,1-2,5,8-17H2,(H,27,30). The minimum Gasteiger partial charge on any atom is -0.367 e. The van der Waals surface area contributed by atoms with Gasteiger partial charge in [0.2, 0.25) is 5.91 Å². The lowest BCUT2D eigenvalue weighted by molar-refractivity contribution is -0.118. The number of carbonyl (C=O) groups excluding carboxylic acids is 1. The van der Waals surface area contributed by atoms with Crippen molar-refractivity contribution in [2.24, 2.45) is 5.92 Å². The lowest BCUT2D eigenvalue weighted by Crippen LogP contribution is -2.47. The fourth-order valence-corrected chi connectivity index (χ4v) is 5.06. The summed E-state index contributed by atoms with van der Waals surface area (Å²) in [5.74, 6) is -0.633. The van der Waals surface area contributed by atoms with Crippen LogP contribution in [0.1, 0.15) is 51.4 Å². The molecule has 0 radical (unpaired) electrons. The summed E-state index contributed by atoms with van der Waals surface area (Å²) in [5, 5.41) is 3.24. The van der Waals surface area contributed by atoms with E-state index >= 15 is 0 Å². The second-order valence-corrected chi connectivity index (χ2v) is 9.00. The zero-order valence-electron chi connectivity index (χ0n) is 17.7. The monoisotopic (exact) mass is 417 g/mol. The Hall–Kier alpha value is -1.95. The topological polar surface area (TPSA) is 35.6 Å². The van der Waals surface area contributed by atoms with Crippen molar-refractivity contribution in [1.82, 2.24) is 10.2 Å². The number of carbonyl (C=O) groups is 1. The Morgan fingerprint density at radius 3 is 2.53 bits per heavy atom. The molecule has 1 saturated heterocycles. The van der Waals surface area contributed by atoms with Gasteiger partial charge >= 0.3 is 0 Å². The van der Waals surface area contributed by atoms with Crippen molar-refractivity contribution in [3.63, 3.8) is 0 Å². The summed E-state index contributed by atoms with van der Waals surface area (Å²) >= 11 is 0. The summed E-state index contributed by atoms with van der Waals surface area (Å²) in [6.07, 6.45) is 10.9. The molecule has 0 atom stereocenters. The molecule has 6 heteroatoms. The van der Waals surface area contributed by atoms with Crippen LogP contribution in [0.3, 0.4) is 0 Å². The minimum absolute atomic E-state index is 0.156. The van der Waals surface area contributed by atoms with E-state index in [1.807, 2.05) is 4.90 Å². The van der Waals surface area contributed by atoms with Crippen molar-refractivity contribution in [3.05, 3.63) is 41.5 Å². The maximum Gasteiger partial charge on any atom is 0.247 e. The van der Waals surface area contributed by atoms with Crippen LogP contribution in [0.25, 0.3) is 0 Å². The highest BCUT2D eigenvalue weighted by molar-refractivity contribution is 5.93. The smallest absolute Gasteiger partial charge is 0.247 e. The summed E-state index contributed by atoms with van der Waals surface area (Å²) in [6, 6.07) is 4.74. The molecule has 4 rings (SSSR count). The van der Waals surface area contributed by atoms with E-state index in [0.717, 1.165) is 76.3 Å². The predicted molar refractivity (Wildman–Crippen MR) is 115 cm³/mol. The van der Waals surface area contributed by atoms with Crippen LogP contribution in [0.5, 0.6) is 0 Å². The van der Waals surface area contributed by atoms with E-state index in [1.54, 1.807) is 12.1 Å². The first-order chi connectivity index (χ1) is 14.6. The van der Waals surface area contributed by atoms with E-state index < -0.39 is 11.6 Å². The number of halogens is 2. The molecule has 1 amide bonds. The molecule has 0 unspecified atom stereocenters. The Labute approximate surface area is 178 Å². The maximum absolute atomic E-state index is 14.0. The van der Waals surface area contributed by atoms with Gasteiger partial charge in [0, 0.05) is 37.8 Å². The summed E-state index contributed by atoms with van der Waals surface area (Å²) in [6.45, 7) is 4.30. The third-order valence-corrected chi connectivity index (χ3v) is 7.01. The SMILES string of the molecule is O=C(NC1CCC(CCN2CCN(c3cccc(F)c3F)CC2)CC1)C1=CCCC1. The van der Waals surface area contributed by atoms with E-state index in [9.17, 15) is 13.6 Å². The van der Waals surface area contributed by atoms with Crippen LogP contribution in [0.4, 0.5) is 14.5 Å². The quantitative estimate of drug-likeness (QED) is 0.751. The Balaban J connectivity index is 1.14. The third kappa shape index (κ3) is 5.20. The number of anilines is 1. The molecule has 0 bridgehead atoms. The van der Waals surface area contributed by atoms with Crippen molar-refractivity contribution in [2.75, 3.05) is 37.6 Å². The number of allylic oxidation sites excluding steroid dienone is 1. The minimum atomic E-state index is -0.776. The second kappa shape index (κ2) is 9.90. The number of nitrogens with zero attached hydrogens (tertiary/aromatic N) is 2. The van der Waals surface area contributed by atoms with Gasteiger partial charge in [-0.05, 0) is 76.0 Å². The van der Waals surface area contributed by atoms with Crippen LogP contribution < -0.4 is 10.2 Å². The summed E-state index contributed by atoms with van der Waals surface area (Å²) in [5.41, 5.74) is 1.36. The van der Waals surface area contributed by atoms with Gasteiger partial charge in [0.1, 0.15) is 0 Å². The van der Waals surface area contributed by atoms with E-state index in [0.29, 0.717) is 11.7 Å². The van der Waals surface area contributed by atoms with Crippen molar-refractivity contribution >= 4 is 11.6 Å². The number of hydrogen-bond acceptors (Lipinski definition) is 3. The molecule has 4 nitrogen and oxygen atoms in total. The van der Waals surface area contributed by atoms with E-state index in [1.165, 1.54) is 25.3 Å². The zero-order chi connectivity index (χ0) is 20.9. The summed E-state index contributed by atoms with van der Waals surface area (Å²) in [4.78, 5) is 16.6. The van der Waals surface area contributed by atoms with Crippen LogP contribution >= 0.6 is 0 Å². The number of piperazine rings is 1. The van der Waals surface area contributed by atoms with Crippen LogP contribution in [-0.4, -0.2) is 49.6 Å². The van der Waals surface area contributed by atoms with Crippen molar-refractivity contribution < 1.29 is 13.6 Å². The molecule has 3 aliphatic rings. The zero-order valence-corrected chi connectivity index (χ0v) is 17.7. The molecule has 1 heterocycles. The first-order valence-corrected chi connectivity index (χ1v) is 11.5. The molecule has 1 aliphatic heterocycles. The normalized spacial score (nSPS) is 25.3. The third-order valence-electron chi connectivity index (χ3n) is 7.01. The molecule has 30 heavy (non-hydrogen) atoms. The summed E-state index contributed by atoms with van der Waals surface area (Å²) in [7, 11) is 0. The molecule has 1 saturated carbocycles. The van der Waals surface area contributed by atoms with Crippen LogP contribution in [0.15, 0.2) is 29.8 Å². The molecule has 164 valence electrons. The van der Waals surface area contributed by atoms with Gasteiger partial charge in [-0.15, -0.1) is 0 Å². The molecule has 2 fully saturated rings. The lowest BCUT2D eigenvalue weighted by atomic mass is 9.84. The van der Waals surface area contributed by atoms with Gasteiger partial charge in [-0.25, -0.2) is 8.78 Å². The van der Waals surface area contributed by atoms with Gasteiger partial charge in [-0.3, -0.25) is 9.69 Å². The molecule has 0 spiro atoms. The predicted octanol–water partition coefficient (Wildman–Crippen LogP) is 4.26. The van der Waals surface area contributed by atoms with Crippen molar-refractivity contribution in [3.8, 4) is 0 Å². The Kier molecular flexibility index (Phi) is 7.03. The first kappa shape index (κ1) is 21.3. The number of hydrogen-bond donors (Lipinski definition) is 1. The van der Waals surface area contributed by atoms with Crippen LogP contribution in [0.2, 0.25) is 0 Å². The number of nitrogens with one attached hydrogen (secondary N) is 1. The van der Waals surface area contributed by atoms with Gasteiger partial charge < -0.3 is 10.2 Å². The average Bonchev–Trinajstić information content (AvgIpc) is 3.31. The molecular weight excluding hydrogens is 384 g/mol. The highest BCUT2D eigenvalue weighted by Gasteiger charge is 2.25. The Bertz CT molecular complexity index is 766. The number of amides is 1. The Morgan fingerprint density at radius 1 is 1.07 bits per heavy atom. The molecule has 1 N–H and O–H groups in total. The van der Waals surface area contributed by atoms with E-state index in [2.05, 4.69) is 16.3 Å². The van der Waals surface area contributed by atoms with Crippen LogP contribution in [-0.2, 0) is 4.79 Å². The molecular formula is C24H33F2N3O. The lowest BCUT2D eigenvalue weighted by Gasteiger charge is -2.37. The fourth-order valence-electron chi connectivity index (χ4n) is 5.06. The van der Waals surface area contributed by atoms with E-state index in [-0.39, 0.29) is 5.91 Å². The van der Waals surface area contributed by atoms with Gasteiger partial charge in [-0.2, -0.15) is 0 Å². The fraction of sp³-hybridized carbons (Fsp3) is 0.625. The highest BCUT2D eigenvalue weighted by Crippen LogP contribution is 2.28. The molecule has 0 aromatic heterocycles. The van der Waals surface area contributed by atoms with Gasteiger partial charge in [-0.1, -0.05) is 12.1 Å². The Morgan fingerprint density at radius 2 is 1.83 bits per heavy atom. The van der Waals surface area contributed by atoms with E-state index in [4.69, 9.17) is 0 Å². The largest absolute Gasteiger partial charge is 0.367 e. The van der Waals surface area contributed by atoms with Gasteiger partial charge in [0.05, 0.1) is 5.69 Å². The first-order valence-electron chi connectivity index (χ1n) is 11.5. The highest BCUT2D eigenvalue weighted by atomic mass is 19.2. The van der Waals surface area contributed by atoms with Crippen molar-refractivity contribution in [2.45, 2.75) is 57.4 Å². The summed E-state index contributed by atoms with van der Waals surface area (Å²) < 4.78 is 27.5. The van der Waals surface area contributed by atoms with Gasteiger partial charge in [0.15, 0.2) is 11.6 Å². The molecule has 1 aromatic rings. The van der Waals surface area contributed by atoms with Crippen LogP contribution in [0, 0.1) is 17.6 Å². The molecule has 1 aromatic carbocycles. The second-order valence-electron chi connectivity index (χ2n) is 9.00.